The molecule has 1 N–H and O–H groups in total. The van der Waals surface area contributed by atoms with Crippen molar-refractivity contribution in [3.05, 3.63) is 30.3 Å². The van der Waals surface area contributed by atoms with Crippen molar-refractivity contribution in [1.29, 1.82) is 0 Å². The first-order valence-electron chi connectivity index (χ1n) is 8.51. The van der Waals surface area contributed by atoms with Crippen molar-refractivity contribution in [2.24, 2.45) is 0 Å². The van der Waals surface area contributed by atoms with Crippen molar-refractivity contribution in [2.45, 2.75) is 57.9 Å². The van der Waals surface area contributed by atoms with Gasteiger partial charge in [0.2, 0.25) is 0 Å². The van der Waals surface area contributed by atoms with Gasteiger partial charge in [0.05, 0.1) is 0 Å². The molecule has 1 aromatic carbocycles. The maximum absolute atomic E-state index is 14.1. The molecule has 1 saturated heterocycles. The Labute approximate surface area is 151 Å². The number of piperidine rings is 1. The number of nitrogens with zero attached hydrogens (tertiary/aromatic N) is 1. The smallest absolute Gasteiger partial charge is 0.444 e. The minimum Gasteiger partial charge on any atom is -0.444 e. The number of likely N-dealkylation sites (tertiary alicyclic amines) is 1. The molecule has 1 aliphatic heterocycles. The van der Waals surface area contributed by atoms with Crippen LogP contribution in [0.25, 0.3) is 0 Å². The van der Waals surface area contributed by atoms with Crippen LogP contribution in [-0.4, -0.2) is 41.3 Å². The number of hydrogen-bond acceptors (Lipinski definition) is 4. The first-order valence-corrected chi connectivity index (χ1v) is 8.51. The lowest BCUT2D eigenvalue weighted by molar-refractivity contribution is -0.194. The van der Waals surface area contributed by atoms with E-state index in [1.165, 1.54) is 29.2 Å². The second-order valence-electron chi connectivity index (χ2n) is 7.09. The van der Waals surface area contributed by atoms with Crippen LogP contribution in [-0.2, 0) is 9.53 Å². The summed E-state index contributed by atoms with van der Waals surface area (Å²) in [6.07, 6.45) is -3.78. The fourth-order valence-electron chi connectivity index (χ4n) is 2.54. The Morgan fingerprint density at radius 1 is 1.15 bits per heavy atom. The number of ether oxygens (including phenoxy) is 2. The van der Waals surface area contributed by atoms with Gasteiger partial charge in [-0.05, 0) is 52.2 Å². The summed E-state index contributed by atoms with van der Waals surface area (Å²) in [4.78, 5) is 25.6. The fraction of sp³-hybridized carbons (Fsp3) is 0.556. The van der Waals surface area contributed by atoms with Gasteiger partial charge >= 0.3 is 18.1 Å². The average Bonchev–Trinajstić information content (AvgIpc) is 2.54. The molecule has 1 unspecified atom stereocenters. The summed E-state index contributed by atoms with van der Waals surface area (Å²) in [5.41, 5.74) is -0.719. The van der Waals surface area contributed by atoms with Crippen LogP contribution in [0.5, 0.6) is 5.75 Å². The van der Waals surface area contributed by atoms with Gasteiger partial charge < -0.3 is 14.8 Å². The molecule has 0 saturated carbocycles. The number of benzene rings is 1. The van der Waals surface area contributed by atoms with E-state index < -0.39 is 29.9 Å². The molecule has 0 bridgehead atoms. The summed E-state index contributed by atoms with van der Waals surface area (Å²) in [5, 5.41) is 2.21. The van der Waals surface area contributed by atoms with Crippen LogP contribution >= 0.6 is 0 Å². The summed E-state index contributed by atoms with van der Waals surface area (Å²) in [7, 11) is 0. The van der Waals surface area contributed by atoms with E-state index in [-0.39, 0.29) is 5.75 Å². The zero-order chi connectivity index (χ0) is 19.4. The number of halogens is 2. The van der Waals surface area contributed by atoms with Crippen LogP contribution in [0.2, 0.25) is 0 Å². The third kappa shape index (κ3) is 5.57. The Balaban J connectivity index is 2.03. The highest BCUT2D eigenvalue weighted by molar-refractivity contribution is 5.83. The Bertz CT molecular complexity index is 632. The summed E-state index contributed by atoms with van der Waals surface area (Å²) in [6.45, 7) is 5.46. The molecule has 0 aliphatic carbocycles. The maximum atomic E-state index is 14.1. The molecule has 2 rings (SSSR count). The maximum Gasteiger partial charge on any atom is 0.482 e. The normalized spacial score (nSPS) is 18.2. The lowest BCUT2D eigenvalue weighted by Gasteiger charge is -2.37. The van der Waals surface area contributed by atoms with Crippen molar-refractivity contribution < 1.29 is 27.8 Å². The number of carbonyl (C=O) groups excluding carboxylic acids is 2. The van der Waals surface area contributed by atoms with Crippen molar-refractivity contribution in [3.63, 3.8) is 0 Å². The first-order chi connectivity index (χ1) is 12.1. The van der Waals surface area contributed by atoms with Crippen LogP contribution in [0.3, 0.4) is 0 Å². The topological polar surface area (TPSA) is 67.9 Å². The molecule has 144 valence electrons. The Hall–Kier alpha value is -2.38. The van der Waals surface area contributed by atoms with Crippen LogP contribution in [0.4, 0.5) is 13.6 Å². The number of amides is 2. The highest BCUT2D eigenvalue weighted by atomic mass is 19.3. The summed E-state index contributed by atoms with van der Waals surface area (Å²) >= 11 is 0. The molecule has 26 heavy (non-hydrogen) atoms. The predicted octanol–water partition coefficient (Wildman–Crippen LogP) is 3.52. The molecule has 8 heteroatoms. The van der Waals surface area contributed by atoms with Crippen LogP contribution < -0.4 is 10.1 Å². The number of para-hydroxylation sites is 1. The van der Waals surface area contributed by atoms with Crippen molar-refractivity contribution in [3.8, 4) is 5.75 Å². The van der Waals surface area contributed by atoms with Crippen LogP contribution in [0.15, 0.2) is 30.3 Å². The predicted molar refractivity (Wildman–Crippen MR) is 90.7 cm³/mol. The second-order valence-corrected chi connectivity index (χ2v) is 7.09. The van der Waals surface area contributed by atoms with Crippen LogP contribution in [0, 0.1) is 0 Å². The van der Waals surface area contributed by atoms with Gasteiger partial charge in [-0.2, -0.15) is 8.78 Å². The van der Waals surface area contributed by atoms with E-state index in [9.17, 15) is 18.4 Å². The molecule has 1 aromatic rings. The van der Waals surface area contributed by atoms with E-state index in [1.807, 2.05) is 0 Å². The SMILES string of the molecule is CC(C)(C)OC(=O)N1CCCCC1NC(=O)C(F)(F)Oc1ccccc1. The molecule has 0 aromatic heterocycles. The zero-order valence-electron chi connectivity index (χ0n) is 15.1. The third-order valence-electron chi connectivity index (χ3n) is 3.68. The van der Waals surface area contributed by atoms with E-state index in [2.05, 4.69) is 10.1 Å². The van der Waals surface area contributed by atoms with Crippen LogP contribution in [0.1, 0.15) is 40.0 Å². The minimum absolute atomic E-state index is 0.125. The number of nitrogens with one attached hydrogen (secondary N) is 1. The van der Waals surface area contributed by atoms with E-state index >= 15 is 0 Å². The average molecular weight is 370 g/mol. The highest BCUT2D eigenvalue weighted by Crippen LogP contribution is 2.24. The lowest BCUT2D eigenvalue weighted by atomic mass is 10.1. The highest BCUT2D eigenvalue weighted by Gasteiger charge is 2.44. The first kappa shape index (κ1) is 19.9. The number of rotatable bonds is 4. The molecular weight excluding hydrogens is 346 g/mol. The molecule has 6 nitrogen and oxygen atoms in total. The Kier molecular flexibility index (Phi) is 6.05. The van der Waals surface area contributed by atoms with E-state index in [0.717, 1.165) is 0 Å². The van der Waals surface area contributed by atoms with Crippen molar-refractivity contribution >= 4 is 12.0 Å². The van der Waals surface area contributed by atoms with Crippen molar-refractivity contribution in [1.82, 2.24) is 10.2 Å². The largest absolute Gasteiger partial charge is 0.482 e. The molecule has 0 spiro atoms. The van der Waals surface area contributed by atoms with Gasteiger partial charge in [-0.25, -0.2) is 4.79 Å². The van der Waals surface area contributed by atoms with E-state index in [4.69, 9.17) is 4.74 Å². The molecular formula is C18H24F2N2O4. The summed E-state index contributed by atoms with van der Waals surface area (Å²) < 4.78 is 38.0. The third-order valence-corrected chi connectivity index (χ3v) is 3.68. The van der Waals surface area contributed by atoms with Gasteiger partial charge in [-0.3, -0.25) is 9.69 Å². The minimum atomic E-state index is -4.06. The standard InChI is InChI=1S/C18H24F2N2O4/c1-17(2,3)26-16(24)22-12-8-7-11-14(22)21-15(23)18(19,20)25-13-9-5-4-6-10-13/h4-6,9-10,14H,7-8,11-12H2,1-3H3,(H,21,23). The van der Waals surface area contributed by atoms with Gasteiger partial charge in [0.15, 0.2) is 0 Å². The zero-order valence-corrected chi connectivity index (χ0v) is 15.1. The van der Waals surface area contributed by atoms with Gasteiger partial charge in [-0.1, -0.05) is 18.2 Å². The van der Waals surface area contributed by atoms with E-state index in [1.54, 1.807) is 26.8 Å². The molecule has 2 amide bonds. The van der Waals surface area contributed by atoms with Gasteiger partial charge in [0.25, 0.3) is 0 Å². The van der Waals surface area contributed by atoms with Gasteiger partial charge in [0, 0.05) is 6.54 Å². The molecule has 1 heterocycles. The van der Waals surface area contributed by atoms with Gasteiger partial charge in [-0.15, -0.1) is 0 Å². The number of alkyl halides is 2. The number of carbonyl (C=O) groups is 2. The van der Waals surface area contributed by atoms with E-state index in [0.29, 0.717) is 25.8 Å². The summed E-state index contributed by atoms with van der Waals surface area (Å²) in [6, 6.07) is 7.35. The Morgan fingerprint density at radius 2 is 1.81 bits per heavy atom. The molecule has 1 aliphatic rings. The molecule has 1 atom stereocenters. The monoisotopic (exact) mass is 370 g/mol. The quantitative estimate of drug-likeness (QED) is 0.881. The summed E-state index contributed by atoms with van der Waals surface area (Å²) in [5.74, 6) is -1.72. The Morgan fingerprint density at radius 3 is 2.42 bits per heavy atom. The molecule has 1 fully saturated rings. The lowest BCUT2D eigenvalue weighted by Crippen LogP contribution is -2.58. The fourth-order valence-corrected chi connectivity index (χ4v) is 2.54. The second kappa shape index (κ2) is 7.88. The molecule has 0 radical (unpaired) electrons. The van der Waals surface area contributed by atoms with Crippen molar-refractivity contribution in [2.75, 3.05) is 6.54 Å². The van der Waals surface area contributed by atoms with Gasteiger partial charge in [0.1, 0.15) is 17.5 Å². The number of hydrogen-bond donors (Lipinski definition) is 1.